The number of carbonyl (C=O) groups is 3. The Labute approximate surface area is 222 Å². The Morgan fingerprint density at radius 3 is 2.76 bits per heavy atom. The normalized spacial score (nSPS) is 18.2. The summed E-state index contributed by atoms with van der Waals surface area (Å²) in [6, 6.07) is 12.2. The largest absolute Gasteiger partial charge is 0.370 e. The lowest BCUT2D eigenvalue weighted by Crippen LogP contribution is -2.44. The third-order valence-electron chi connectivity index (χ3n) is 6.29. The van der Waals surface area contributed by atoms with Crippen molar-refractivity contribution in [3.8, 4) is 10.6 Å². The lowest BCUT2D eigenvalue weighted by Gasteiger charge is -2.27. The molecular weight excluding hydrogens is 518 g/mol. The number of nitrogens with one attached hydrogen (secondary N) is 2. The van der Waals surface area contributed by atoms with Gasteiger partial charge in [-0.3, -0.25) is 19.3 Å². The van der Waals surface area contributed by atoms with Crippen LogP contribution < -0.4 is 15.5 Å². The zero-order chi connectivity index (χ0) is 25.8. The maximum atomic E-state index is 13.0. The molecule has 2 aliphatic rings. The molecule has 2 saturated heterocycles. The van der Waals surface area contributed by atoms with Gasteiger partial charge >= 0.3 is 0 Å². The van der Waals surface area contributed by atoms with Gasteiger partial charge in [-0.15, -0.1) is 11.3 Å². The highest BCUT2D eigenvalue weighted by Crippen LogP contribution is 2.30. The molecule has 0 bridgehead atoms. The monoisotopic (exact) mass is 543 g/mol. The molecule has 5 rings (SSSR count). The van der Waals surface area contributed by atoms with Crippen LogP contribution in [0.4, 0.5) is 11.4 Å². The van der Waals surface area contributed by atoms with Crippen LogP contribution in [-0.2, 0) is 25.7 Å². The number of likely N-dealkylation sites (tertiary alicyclic amines) is 1. The second-order valence-electron chi connectivity index (χ2n) is 8.82. The van der Waals surface area contributed by atoms with E-state index >= 15 is 0 Å². The van der Waals surface area contributed by atoms with Crippen LogP contribution in [0.3, 0.4) is 0 Å². The Hall–Kier alpha value is -3.25. The molecule has 1 atom stereocenters. The fourth-order valence-electron chi connectivity index (χ4n) is 4.44. The fraction of sp³-hybridized carbons (Fsp3) is 0.360. The van der Waals surface area contributed by atoms with E-state index in [-0.39, 0.29) is 37.4 Å². The Morgan fingerprint density at radius 2 is 2.00 bits per heavy atom. The lowest BCUT2D eigenvalue weighted by atomic mass is 10.2. The smallest absolute Gasteiger partial charge is 0.253 e. The highest BCUT2D eigenvalue weighted by Gasteiger charge is 2.32. The molecule has 0 spiro atoms. The van der Waals surface area contributed by atoms with Crippen molar-refractivity contribution in [3.05, 3.63) is 52.6 Å². The van der Waals surface area contributed by atoms with Crippen LogP contribution in [0, 0.1) is 0 Å². The number of anilines is 2. The van der Waals surface area contributed by atoms with Crippen molar-refractivity contribution in [3.63, 3.8) is 0 Å². The molecule has 194 valence electrons. The van der Waals surface area contributed by atoms with Gasteiger partial charge in [-0.05, 0) is 55.8 Å². The van der Waals surface area contributed by atoms with Crippen LogP contribution in [0.2, 0.25) is 4.34 Å². The van der Waals surface area contributed by atoms with Gasteiger partial charge in [-0.2, -0.15) is 0 Å². The van der Waals surface area contributed by atoms with E-state index in [1.165, 1.54) is 11.3 Å². The molecular formula is C25H26ClN5O5S. The molecule has 3 aromatic rings. The maximum absolute atomic E-state index is 13.0. The molecule has 0 aliphatic carbocycles. The van der Waals surface area contributed by atoms with Gasteiger partial charge in [0.1, 0.15) is 12.3 Å². The van der Waals surface area contributed by atoms with Crippen LogP contribution >= 0.6 is 22.9 Å². The maximum Gasteiger partial charge on any atom is 0.253 e. The zero-order valence-electron chi connectivity index (χ0n) is 19.9. The molecule has 4 heterocycles. The van der Waals surface area contributed by atoms with Crippen molar-refractivity contribution in [2.24, 2.45) is 0 Å². The summed E-state index contributed by atoms with van der Waals surface area (Å²) in [7, 11) is 0. The van der Waals surface area contributed by atoms with Crippen molar-refractivity contribution < 1.29 is 23.6 Å². The quantitative estimate of drug-likeness (QED) is 0.448. The molecule has 10 nitrogen and oxygen atoms in total. The van der Waals surface area contributed by atoms with Crippen LogP contribution in [0.5, 0.6) is 0 Å². The molecule has 2 fully saturated rings. The van der Waals surface area contributed by atoms with Gasteiger partial charge in [0.2, 0.25) is 11.8 Å². The summed E-state index contributed by atoms with van der Waals surface area (Å²) in [5, 5.41) is 9.80. The number of benzene rings is 1. The first-order valence-corrected chi connectivity index (χ1v) is 13.2. The first-order valence-electron chi connectivity index (χ1n) is 12.0. The summed E-state index contributed by atoms with van der Waals surface area (Å²) in [5.41, 5.74) is 2.07. The van der Waals surface area contributed by atoms with Gasteiger partial charge < -0.3 is 24.8 Å². The van der Waals surface area contributed by atoms with E-state index in [4.69, 9.17) is 20.9 Å². The average Bonchev–Trinajstić information content (AvgIpc) is 3.65. The SMILES string of the molecule is O=C(CN1CCC[C@@H]1C(=O)Nc1ccc(N2CCOCC2=O)cc1)NCc1cc(-c2ccc(Cl)s2)no1. The summed E-state index contributed by atoms with van der Waals surface area (Å²) in [6.45, 7) is 2.05. The first-order chi connectivity index (χ1) is 18.0. The van der Waals surface area contributed by atoms with Gasteiger partial charge in [-0.25, -0.2) is 0 Å². The van der Waals surface area contributed by atoms with E-state index in [0.29, 0.717) is 47.6 Å². The second-order valence-corrected chi connectivity index (χ2v) is 10.5. The van der Waals surface area contributed by atoms with E-state index in [0.717, 1.165) is 17.0 Å². The van der Waals surface area contributed by atoms with E-state index in [2.05, 4.69) is 15.8 Å². The Balaban J connectivity index is 1.11. The number of ether oxygens (including phenoxy) is 1. The number of aromatic nitrogens is 1. The average molecular weight is 544 g/mol. The molecule has 37 heavy (non-hydrogen) atoms. The highest BCUT2D eigenvalue weighted by molar-refractivity contribution is 7.19. The van der Waals surface area contributed by atoms with E-state index in [9.17, 15) is 14.4 Å². The van der Waals surface area contributed by atoms with Gasteiger partial charge in [0.05, 0.1) is 35.0 Å². The predicted molar refractivity (Wildman–Crippen MR) is 140 cm³/mol. The van der Waals surface area contributed by atoms with E-state index < -0.39 is 6.04 Å². The highest BCUT2D eigenvalue weighted by atomic mass is 35.5. The summed E-state index contributed by atoms with van der Waals surface area (Å²) in [6.07, 6.45) is 1.51. The summed E-state index contributed by atoms with van der Waals surface area (Å²) < 4.78 is 11.2. The minimum atomic E-state index is -0.397. The topological polar surface area (TPSA) is 117 Å². The Morgan fingerprint density at radius 1 is 1.16 bits per heavy atom. The van der Waals surface area contributed by atoms with Gasteiger partial charge in [-0.1, -0.05) is 16.8 Å². The molecule has 1 aromatic carbocycles. The minimum absolute atomic E-state index is 0.0769. The Kier molecular flexibility index (Phi) is 7.85. The van der Waals surface area contributed by atoms with Crippen LogP contribution in [0.15, 0.2) is 47.0 Å². The lowest BCUT2D eigenvalue weighted by molar-refractivity contribution is -0.126. The zero-order valence-corrected chi connectivity index (χ0v) is 21.5. The molecule has 12 heteroatoms. The summed E-state index contributed by atoms with van der Waals surface area (Å²) in [4.78, 5) is 42.0. The number of amides is 3. The van der Waals surface area contributed by atoms with Gasteiger partial charge in [0.15, 0.2) is 5.76 Å². The van der Waals surface area contributed by atoms with Gasteiger partial charge in [0, 0.05) is 24.0 Å². The van der Waals surface area contributed by atoms with Crippen LogP contribution in [0.25, 0.3) is 10.6 Å². The molecule has 0 radical (unpaired) electrons. The van der Waals surface area contributed by atoms with Crippen molar-refractivity contribution in [2.45, 2.75) is 25.4 Å². The Bertz CT molecular complexity index is 1280. The molecule has 2 aliphatic heterocycles. The summed E-state index contributed by atoms with van der Waals surface area (Å²) >= 11 is 7.38. The standard InChI is InChI=1S/C25H26ClN5O5S/c26-22-8-7-21(37-22)19-12-18(36-29-19)13-27-23(32)14-30-9-1-2-20(30)25(34)28-16-3-5-17(6-4-16)31-10-11-35-15-24(31)33/h3-8,12,20H,1-2,9-11,13-15H2,(H,27,32)(H,28,34)/t20-/m1/s1. The number of carbonyl (C=O) groups excluding carboxylic acids is 3. The predicted octanol–water partition coefficient (Wildman–Crippen LogP) is 3.14. The molecule has 2 N–H and O–H groups in total. The number of thiophene rings is 1. The van der Waals surface area contributed by atoms with Crippen LogP contribution in [0.1, 0.15) is 18.6 Å². The van der Waals surface area contributed by atoms with Crippen molar-refractivity contribution in [1.29, 1.82) is 0 Å². The van der Waals surface area contributed by atoms with Crippen molar-refractivity contribution in [1.82, 2.24) is 15.4 Å². The summed E-state index contributed by atoms with van der Waals surface area (Å²) in [5.74, 6) is 0.0937. The van der Waals surface area contributed by atoms with E-state index in [1.807, 2.05) is 11.0 Å². The minimum Gasteiger partial charge on any atom is -0.370 e. The number of hydrogen-bond acceptors (Lipinski definition) is 8. The van der Waals surface area contributed by atoms with Crippen molar-refractivity contribution in [2.75, 3.05) is 43.1 Å². The molecule has 3 amide bonds. The third kappa shape index (κ3) is 6.19. The first kappa shape index (κ1) is 25.4. The number of morpholine rings is 1. The fourth-order valence-corrected chi connectivity index (χ4v) is 5.44. The number of rotatable bonds is 8. The van der Waals surface area contributed by atoms with E-state index in [1.54, 1.807) is 41.3 Å². The number of nitrogens with zero attached hydrogens (tertiary/aromatic N) is 3. The second kappa shape index (κ2) is 11.4. The van der Waals surface area contributed by atoms with Crippen molar-refractivity contribution >= 4 is 52.0 Å². The number of hydrogen-bond donors (Lipinski definition) is 2. The van der Waals surface area contributed by atoms with Gasteiger partial charge in [0.25, 0.3) is 5.91 Å². The molecule has 2 aromatic heterocycles. The van der Waals surface area contributed by atoms with Crippen LogP contribution in [-0.4, -0.2) is 66.7 Å². The number of halogens is 1. The molecule has 0 saturated carbocycles. The third-order valence-corrected chi connectivity index (χ3v) is 7.54. The molecule has 0 unspecified atom stereocenters.